The second-order valence-corrected chi connectivity index (χ2v) is 4.84. The number of benzene rings is 2. The fourth-order valence-corrected chi connectivity index (χ4v) is 2.28. The van der Waals surface area contributed by atoms with E-state index >= 15 is 0 Å². The number of nitrogens with zero attached hydrogens (tertiary/aromatic N) is 1. The lowest BCUT2D eigenvalue weighted by Crippen LogP contribution is -2.33. The molecule has 0 heterocycles. The van der Waals surface area contributed by atoms with Gasteiger partial charge in [0.1, 0.15) is 0 Å². The normalized spacial score (nSPS) is 10.6. The lowest BCUT2D eigenvalue weighted by atomic mass is 9.98. The van der Waals surface area contributed by atoms with Crippen molar-refractivity contribution in [3.63, 3.8) is 0 Å². The van der Waals surface area contributed by atoms with Crippen LogP contribution in [-0.4, -0.2) is 49.1 Å². The molecule has 2 aromatic rings. The Labute approximate surface area is 123 Å². The predicted molar refractivity (Wildman–Crippen MR) is 81.8 cm³/mol. The van der Waals surface area contributed by atoms with Crippen molar-refractivity contribution in [1.29, 1.82) is 0 Å². The van der Waals surface area contributed by atoms with E-state index in [1.54, 1.807) is 30.1 Å². The number of hydrogen-bond donors (Lipinski definition) is 2. The standard InChI is InChI=1S/C16H18N2O3/c1-17-9-10-18(2)15(19)12-7-3-5-11-6-4-8-13(14(11)12)16(20)21/h3-8,17H,9-10H2,1-2H3,(H,20,21). The van der Waals surface area contributed by atoms with Crippen molar-refractivity contribution in [2.45, 2.75) is 0 Å². The van der Waals surface area contributed by atoms with Crippen molar-refractivity contribution in [3.05, 3.63) is 47.5 Å². The quantitative estimate of drug-likeness (QED) is 0.880. The molecular formula is C16H18N2O3. The average Bonchev–Trinajstić information content (AvgIpc) is 2.50. The van der Waals surface area contributed by atoms with Gasteiger partial charge in [0.25, 0.3) is 5.91 Å². The van der Waals surface area contributed by atoms with E-state index in [0.717, 1.165) is 5.39 Å². The molecule has 0 unspecified atom stereocenters. The zero-order chi connectivity index (χ0) is 15.4. The fraction of sp³-hybridized carbons (Fsp3) is 0.250. The summed E-state index contributed by atoms with van der Waals surface area (Å²) >= 11 is 0. The summed E-state index contributed by atoms with van der Waals surface area (Å²) in [5.74, 6) is -1.21. The number of hydrogen-bond acceptors (Lipinski definition) is 3. The molecule has 0 aliphatic rings. The third kappa shape index (κ3) is 3.03. The van der Waals surface area contributed by atoms with Crippen molar-refractivity contribution in [2.75, 3.05) is 27.2 Å². The van der Waals surface area contributed by atoms with Crippen LogP contribution in [0.5, 0.6) is 0 Å². The first-order valence-corrected chi connectivity index (χ1v) is 6.71. The minimum absolute atomic E-state index is 0.151. The minimum Gasteiger partial charge on any atom is -0.478 e. The van der Waals surface area contributed by atoms with Crippen molar-refractivity contribution < 1.29 is 14.7 Å². The van der Waals surface area contributed by atoms with Crippen molar-refractivity contribution in [3.8, 4) is 0 Å². The van der Waals surface area contributed by atoms with Crippen LogP contribution >= 0.6 is 0 Å². The summed E-state index contributed by atoms with van der Waals surface area (Å²) in [6, 6.07) is 10.3. The summed E-state index contributed by atoms with van der Waals surface area (Å²) in [6.45, 7) is 1.24. The van der Waals surface area contributed by atoms with Crippen molar-refractivity contribution in [1.82, 2.24) is 10.2 Å². The molecule has 21 heavy (non-hydrogen) atoms. The highest BCUT2D eigenvalue weighted by Crippen LogP contribution is 2.24. The second kappa shape index (κ2) is 6.37. The van der Waals surface area contributed by atoms with Crippen LogP contribution in [0.25, 0.3) is 10.8 Å². The summed E-state index contributed by atoms with van der Waals surface area (Å²) in [7, 11) is 3.53. The molecule has 2 rings (SSSR count). The molecule has 0 aliphatic carbocycles. The smallest absolute Gasteiger partial charge is 0.336 e. The van der Waals surface area contributed by atoms with E-state index in [1.165, 1.54) is 6.07 Å². The first kappa shape index (κ1) is 15.0. The Morgan fingerprint density at radius 2 is 1.76 bits per heavy atom. The van der Waals surface area contributed by atoms with E-state index < -0.39 is 5.97 Å². The van der Waals surface area contributed by atoms with E-state index in [9.17, 15) is 14.7 Å². The first-order chi connectivity index (χ1) is 10.1. The maximum absolute atomic E-state index is 12.5. The van der Waals surface area contributed by atoms with Gasteiger partial charge >= 0.3 is 5.97 Å². The number of carbonyl (C=O) groups is 2. The Kier molecular flexibility index (Phi) is 4.55. The van der Waals surface area contributed by atoms with Gasteiger partial charge in [-0.05, 0) is 24.6 Å². The average molecular weight is 286 g/mol. The highest BCUT2D eigenvalue weighted by atomic mass is 16.4. The Balaban J connectivity index is 2.53. The molecule has 0 saturated heterocycles. The molecule has 2 aromatic carbocycles. The SMILES string of the molecule is CNCCN(C)C(=O)c1cccc2cccc(C(=O)O)c12. The first-order valence-electron chi connectivity index (χ1n) is 6.71. The monoisotopic (exact) mass is 286 g/mol. The van der Waals surface area contributed by atoms with Gasteiger partial charge in [-0.2, -0.15) is 0 Å². The number of fused-ring (bicyclic) bond motifs is 1. The summed E-state index contributed by atoms with van der Waals surface area (Å²) in [6.07, 6.45) is 0. The van der Waals surface area contributed by atoms with E-state index in [4.69, 9.17) is 0 Å². The summed E-state index contributed by atoms with van der Waals surface area (Å²) < 4.78 is 0. The van der Waals surface area contributed by atoms with Gasteiger partial charge in [0.2, 0.25) is 0 Å². The highest BCUT2D eigenvalue weighted by Gasteiger charge is 2.18. The lowest BCUT2D eigenvalue weighted by Gasteiger charge is -2.18. The van der Waals surface area contributed by atoms with Gasteiger partial charge in [-0.1, -0.05) is 24.3 Å². The largest absolute Gasteiger partial charge is 0.478 e. The molecule has 0 atom stereocenters. The molecular weight excluding hydrogens is 268 g/mol. The molecule has 0 radical (unpaired) electrons. The molecule has 5 heteroatoms. The molecule has 0 aliphatic heterocycles. The number of carboxylic acid groups (broad SMARTS) is 1. The Morgan fingerprint density at radius 3 is 2.33 bits per heavy atom. The number of likely N-dealkylation sites (N-methyl/N-ethyl adjacent to an activating group) is 2. The van der Waals surface area contributed by atoms with Crippen LogP contribution in [0, 0.1) is 0 Å². The Bertz CT molecular complexity index is 677. The topological polar surface area (TPSA) is 69.6 Å². The van der Waals surface area contributed by atoms with Gasteiger partial charge < -0.3 is 15.3 Å². The number of aromatic carboxylic acids is 1. The third-order valence-corrected chi connectivity index (χ3v) is 3.41. The van der Waals surface area contributed by atoms with Crippen LogP contribution in [0.1, 0.15) is 20.7 Å². The molecule has 0 aromatic heterocycles. The fourth-order valence-electron chi connectivity index (χ4n) is 2.28. The molecule has 110 valence electrons. The highest BCUT2D eigenvalue weighted by molar-refractivity contribution is 6.14. The van der Waals surface area contributed by atoms with Gasteiger partial charge in [0.05, 0.1) is 5.56 Å². The van der Waals surface area contributed by atoms with Crippen LogP contribution in [0.3, 0.4) is 0 Å². The van der Waals surface area contributed by atoms with Crippen LogP contribution in [0.2, 0.25) is 0 Å². The second-order valence-electron chi connectivity index (χ2n) is 4.84. The maximum Gasteiger partial charge on any atom is 0.336 e. The number of nitrogens with one attached hydrogen (secondary N) is 1. The minimum atomic E-state index is -1.03. The number of carboxylic acids is 1. The van der Waals surface area contributed by atoms with E-state index in [-0.39, 0.29) is 11.5 Å². The molecule has 0 bridgehead atoms. The van der Waals surface area contributed by atoms with Crippen LogP contribution in [-0.2, 0) is 0 Å². The summed E-state index contributed by atoms with van der Waals surface area (Å²) in [5, 5.41) is 13.6. The number of rotatable bonds is 5. The predicted octanol–water partition coefficient (Wildman–Crippen LogP) is 1.83. The number of amides is 1. The maximum atomic E-state index is 12.5. The van der Waals surface area contributed by atoms with E-state index in [0.29, 0.717) is 24.0 Å². The van der Waals surface area contributed by atoms with Crippen LogP contribution in [0.4, 0.5) is 0 Å². The van der Waals surface area contributed by atoms with Gasteiger partial charge in [0.15, 0.2) is 0 Å². The molecule has 0 saturated carbocycles. The van der Waals surface area contributed by atoms with Gasteiger partial charge in [0, 0.05) is 31.1 Å². The summed E-state index contributed by atoms with van der Waals surface area (Å²) in [4.78, 5) is 25.5. The van der Waals surface area contributed by atoms with Crippen LogP contribution in [0.15, 0.2) is 36.4 Å². The lowest BCUT2D eigenvalue weighted by molar-refractivity contribution is 0.0699. The molecule has 2 N–H and O–H groups in total. The Hall–Kier alpha value is -2.40. The zero-order valence-electron chi connectivity index (χ0n) is 12.1. The molecule has 0 spiro atoms. The molecule has 5 nitrogen and oxygen atoms in total. The van der Waals surface area contributed by atoms with E-state index in [2.05, 4.69) is 5.32 Å². The van der Waals surface area contributed by atoms with Gasteiger partial charge in [-0.3, -0.25) is 4.79 Å². The zero-order valence-corrected chi connectivity index (χ0v) is 12.1. The molecule has 1 amide bonds. The van der Waals surface area contributed by atoms with E-state index in [1.807, 2.05) is 19.2 Å². The summed E-state index contributed by atoms with van der Waals surface area (Å²) in [5.41, 5.74) is 0.572. The van der Waals surface area contributed by atoms with Gasteiger partial charge in [-0.15, -0.1) is 0 Å². The van der Waals surface area contributed by atoms with Crippen molar-refractivity contribution >= 4 is 22.6 Å². The third-order valence-electron chi connectivity index (χ3n) is 3.41. The number of carbonyl (C=O) groups excluding carboxylic acids is 1. The van der Waals surface area contributed by atoms with Crippen LogP contribution < -0.4 is 5.32 Å². The van der Waals surface area contributed by atoms with Crippen molar-refractivity contribution in [2.24, 2.45) is 0 Å². The molecule has 0 fully saturated rings. The van der Waals surface area contributed by atoms with Gasteiger partial charge in [-0.25, -0.2) is 4.79 Å². The Morgan fingerprint density at radius 1 is 1.14 bits per heavy atom.